The maximum absolute atomic E-state index is 11.5. The molecule has 0 saturated carbocycles. The summed E-state index contributed by atoms with van der Waals surface area (Å²) in [6.07, 6.45) is 4.60. The van der Waals surface area contributed by atoms with Gasteiger partial charge in [-0.3, -0.25) is 4.79 Å². The third kappa shape index (κ3) is 5.36. The first kappa shape index (κ1) is 14.6. The van der Waals surface area contributed by atoms with Gasteiger partial charge < -0.3 is 15.0 Å². The Labute approximate surface area is 122 Å². The summed E-state index contributed by atoms with van der Waals surface area (Å²) in [6.45, 7) is 0.574. The molecule has 0 radical (unpaired) electrons. The molecule has 0 unspecified atom stereocenters. The lowest BCUT2D eigenvalue weighted by Gasteiger charge is -2.05. The minimum absolute atomic E-state index is 0.160. The van der Waals surface area contributed by atoms with Crippen molar-refractivity contribution >= 4 is 12.2 Å². The molecule has 0 aliphatic carbocycles. The summed E-state index contributed by atoms with van der Waals surface area (Å²) in [7, 11) is 0. The van der Waals surface area contributed by atoms with E-state index in [1.807, 2.05) is 30.3 Å². The first-order valence-electron chi connectivity index (χ1n) is 6.54. The smallest absolute Gasteiger partial charge is 0.407 e. The summed E-state index contributed by atoms with van der Waals surface area (Å²) >= 11 is 0. The van der Waals surface area contributed by atoms with E-state index in [-0.39, 0.29) is 12.2 Å². The second-order valence-corrected chi connectivity index (χ2v) is 4.33. The van der Waals surface area contributed by atoms with Crippen LogP contribution in [0.1, 0.15) is 11.1 Å². The number of carbonyl (C=O) groups is 1. The van der Waals surface area contributed by atoms with Crippen molar-refractivity contribution in [3.63, 3.8) is 0 Å². The fraction of sp³-hybridized carbons (Fsp3) is 0.125. The molecular weight excluding hydrogens is 268 g/mol. The highest BCUT2D eigenvalue weighted by atomic mass is 16.5. The van der Waals surface area contributed by atoms with Gasteiger partial charge in [-0.25, -0.2) is 4.79 Å². The predicted octanol–water partition coefficient (Wildman–Crippen LogP) is 2.31. The Bertz CT molecular complexity index is 662. The molecule has 0 atom stereocenters. The summed E-state index contributed by atoms with van der Waals surface area (Å²) < 4.78 is 5.06. The van der Waals surface area contributed by atoms with Crippen LogP contribution in [0.4, 0.5) is 4.79 Å². The molecule has 0 bridgehead atoms. The Balaban J connectivity index is 1.71. The van der Waals surface area contributed by atoms with Gasteiger partial charge in [0.25, 0.3) is 0 Å². The van der Waals surface area contributed by atoms with Crippen LogP contribution >= 0.6 is 0 Å². The number of H-pyrrole nitrogens is 1. The number of amides is 1. The van der Waals surface area contributed by atoms with E-state index in [0.717, 1.165) is 11.1 Å². The molecule has 5 nitrogen and oxygen atoms in total. The number of hydrogen-bond donors (Lipinski definition) is 2. The van der Waals surface area contributed by atoms with Crippen LogP contribution in [-0.2, 0) is 11.3 Å². The summed E-state index contributed by atoms with van der Waals surface area (Å²) in [4.78, 5) is 25.1. The first-order valence-corrected chi connectivity index (χ1v) is 6.54. The molecule has 21 heavy (non-hydrogen) atoms. The molecule has 1 heterocycles. The van der Waals surface area contributed by atoms with E-state index in [1.165, 1.54) is 6.07 Å². The standard InChI is InChI=1S/C16H16N2O3/c19-15-11-13(8-10-17-15)7-4-9-18-16(20)21-12-14-5-2-1-3-6-14/h1-8,10-11H,9,12H2,(H,17,19)(H,18,20). The molecule has 1 amide bonds. The Morgan fingerprint density at radius 1 is 1.24 bits per heavy atom. The van der Waals surface area contributed by atoms with Gasteiger partial charge in [0.05, 0.1) is 0 Å². The highest BCUT2D eigenvalue weighted by Crippen LogP contribution is 2.00. The van der Waals surface area contributed by atoms with E-state index >= 15 is 0 Å². The average molecular weight is 284 g/mol. The minimum atomic E-state index is -0.477. The van der Waals surface area contributed by atoms with E-state index < -0.39 is 6.09 Å². The number of hydrogen-bond acceptors (Lipinski definition) is 3. The zero-order valence-electron chi connectivity index (χ0n) is 11.4. The zero-order chi connectivity index (χ0) is 14.9. The lowest BCUT2D eigenvalue weighted by Crippen LogP contribution is -2.24. The van der Waals surface area contributed by atoms with Gasteiger partial charge in [-0.2, -0.15) is 0 Å². The minimum Gasteiger partial charge on any atom is -0.445 e. The second-order valence-electron chi connectivity index (χ2n) is 4.33. The summed E-state index contributed by atoms with van der Waals surface area (Å²) in [5, 5.41) is 2.60. The van der Waals surface area contributed by atoms with Crippen molar-refractivity contribution in [2.45, 2.75) is 6.61 Å². The van der Waals surface area contributed by atoms with Crippen LogP contribution in [0.5, 0.6) is 0 Å². The number of ether oxygens (including phenoxy) is 1. The number of carbonyl (C=O) groups excluding carboxylic acids is 1. The molecule has 2 aromatic rings. The molecule has 0 fully saturated rings. The van der Waals surface area contributed by atoms with E-state index in [2.05, 4.69) is 10.3 Å². The van der Waals surface area contributed by atoms with Crippen LogP contribution in [0.3, 0.4) is 0 Å². The van der Waals surface area contributed by atoms with Gasteiger partial charge in [0.2, 0.25) is 5.56 Å². The van der Waals surface area contributed by atoms with E-state index in [4.69, 9.17) is 4.74 Å². The van der Waals surface area contributed by atoms with Gasteiger partial charge in [0.15, 0.2) is 0 Å². The summed E-state index contributed by atoms with van der Waals surface area (Å²) in [5.74, 6) is 0. The quantitative estimate of drug-likeness (QED) is 0.885. The van der Waals surface area contributed by atoms with Crippen molar-refractivity contribution in [1.82, 2.24) is 10.3 Å². The fourth-order valence-electron chi connectivity index (χ4n) is 1.68. The maximum atomic E-state index is 11.5. The van der Waals surface area contributed by atoms with Crippen molar-refractivity contribution in [1.29, 1.82) is 0 Å². The van der Waals surface area contributed by atoms with Crippen molar-refractivity contribution in [2.75, 3.05) is 6.54 Å². The molecule has 0 aliphatic heterocycles. The summed E-state index contributed by atoms with van der Waals surface area (Å²) in [6, 6.07) is 12.7. The molecule has 108 valence electrons. The lowest BCUT2D eigenvalue weighted by atomic mass is 10.2. The third-order valence-electron chi connectivity index (χ3n) is 2.69. The van der Waals surface area contributed by atoms with Gasteiger partial charge in [-0.1, -0.05) is 42.5 Å². The maximum Gasteiger partial charge on any atom is 0.407 e. The van der Waals surface area contributed by atoms with Crippen molar-refractivity contribution < 1.29 is 9.53 Å². The van der Waals surface area contributed by atoms with Gasteiger partial charge in [-0.05, 0) is 17.2 Å². The van der Waals surface area contributed by atoms with Crippen LogP contribution in [0.25, 0.3) is 6.08 Å². The number of aromatic nitrogens is 1. The predicted molar refractivity (Wildman–Crippen MR) is 80.7 cm³/mol. The average Bonchev–Trinajstić information content (AvgIpc) is 2.51. The van der Waals surface area contributed by atoms with E-state index in [0.29, 0.717) is 6.54 Å². The first-order chi connectivity index (χ1) is 10.2. The molecule has 2 rings (SSSR count). The Hall–Kier alpha value is -2.82. The van der Waals surface area contributed by atoms with Crippen molar-refractivity contribution in [3.05, 3.63) is 76.2 Å². The number of nitrogens with one attached hydrogen (secondary N) is 2. The number of rotatable bonds is 5. The van der Waals surface area contributed by atoms with Crippen molar-refractivity contribution in [3.8, 4) is 0 Å². The molecular formula is C16H16N2O3. The van der Waals surface area contributed by atoms with Crippen LogP contribution in [0.2, 0.25) is 0 Å². The normalized spacial score (nSPS) is 10.5. The van der Waals surface area contributed by atoms with Crippen LogP contribution in [0.15, 0.2) is 59.5 Å². The van der Waals surface area contributed by atoms with Gasteiger partial charge in [-0.15, -0.1) is 0 Å². The molecule has 2 N–H and O–H groups in total. The topological polar surface area (TPSA) is 71.2 Å². The van der Waals surface area contributed by atoms with E-state index in [1.54, 1.807) is 24.4 Å². The molecule has 5 heteroatoms. The largest absolute Gasteiger partial charge is 0.445 e. The van der Waals surface area contributed by atoms with Crippen LogP contribution in [-0.4, -0.2) is 17.6 Å². The van der Waals surface area contributed by atoms with E-state index in [9.17, 15) is 9.59 Å². The van der Waals surface area contributed by atoms with Crippen LogP contribution in [0, 0.1) is 0 Å². The molecule has 1 aromatic carbocycles. The Morgan fingerprint density at radius 3 is 2.81 bits per heavy atom. The molecule has 0 aliphatic rings. The Morgan fingerprint density at radius 2 is 2.05 bits per heavy atom. The number of aromatic amines is 1. The monoisotopic (exact) mass is 284 g/mol. The highest BCUT2D eigenvalue weighted by Gasteiger charge is 1.99. The second kappa shape index (κ2) is 7.69. The van der Waals surface area contributed by atoms with Crippen LogP contribution < -0.4 is 10.9 Å². The molecule has 0 spiro atoms. The van der Waals surface area contributed by atoms with Gasteiger partial charge >= 0.3 is 6.09 Å². The number of benzene rings is 1. The lowest BCUT2D eigenvalue weighted by molar-refractivity contribution is 0.141. The SMILES string of the molecule is O=C(NCC=Cc1cc[nH]c(=O)c1)OCc1ccccc1. The molecule has 0 saturated heterocycles. The summed E-state index contributed by atoms with van der Waals surface area (Å²) in [5.41, 5.74) is 1.55. The van der Waals surface area contributed by atoms with Gasteiger partial charge in [0.1, 0.15) is 6.61 Å². The zero-order valence-corrected chi connectivity index (χ0v) is 11.4. The van der Waals surface area contributed by atoms with Gasteiger partial charge in [0, 0.05) is 18.8 Å². The number of pyridine rings is 1. The highest BCUT2D eigenvalue weighted by molar-refractivity contribution is 5.67. The molecule has 1 aromatic heterocycles. The van der Waals surface area contributed by atoms with Crippen molar-refractivity contribution in [2.24, 2.45) is 0 Å². The number of alkyl carbamates (subject to hydrolysis) is 1. The fourth-order valence-corrected chi connectivity index (χ4v) is 1.68. The third-order valence-corrected chi connectivity index (χ3v) is 2.69. The Kier molecular flexibility index (Phi) is 5.34.